The molecular weight excluding hydrogens is 312 g/mol. The molecule has 5 atom stereocenters. The third kappa shape index (κ3) is 5.60. The van der Waals surface area contributed by atoms with Gasteiger partial charge in [0.15, 0.2) is 0 Å². The molecule has 4 nitrogen and oxygen atoms in total. The van der Waals surface area contributed by atoms with Crippen LogP contribution in [-0.4, -0.2) is 41.3 Å². The van der Waals surface area contributed by atoms with E-state index >= 15 is 0 Å². The molecule has 0 aromatic rings. The molecule has 146 valence electrons. The van der Waals surface area contributed by atoms with Gasteiger partial charge in [-0.15, -0.1) is 0 Å². The molecule has 1 aliphatic heterocycles. The molecule has 0 spiro atoms. The average molecular weight is 353 g/mol. The van der Waals surface area contributed by atoms with Gasteiger partial charge in [0.25, 0.3) is 0 Å². The number of likely N-dealkylation sites (tertiary alicyclic amines) is 1. The van der Waals surface area contributed by atoms with Gasteiger partial charge in [0.1, 0.15) is 5.60 Å². The van der Waals surface area contributed by atoms with Gasteiger partial charge in [-0.1, -0.05) is 27.2 Å². The summed E-state index contributed by atoms with van der Waals surface area (Å²) in [6, 6.07) is 1.14. The normalized spacial score (nSPS) is 34.2. The molecule has 1 heterocycles. The van der Waals surface area contributed by atoms with Gasteiger partial charge in [-0.05, 0) is 71.1 Å². The third-order valence-corrected chi connectivity index (χ3v) is 6.07. The van der Waals surface area contributed by atoms with E-state index in [0.29, 0.717) is 18.0 Å². The van der Waals surface area contributed by atoms with Gasteiger partial charge >= 0.3 is 6.09 Å². The molecule has 2 rings (SSSR count). The van der Waals surface area contributed by atoms with Crippen LogP contribution in [0.25, 0.3) is 0 Å². The van der Waals surface area contributed by atoms with Gasteiger partial charge in [-0.3, -0.25) is 0 Å². The number of nitrogens with one attached hydrogen (secondary N) is 1. The van der Waals surface area contributed by atoms with E-state index in [4.69, 9.17) is 4.74 Å². The summed E-state index contributed by atoms with van der Waals surface area (Å²) >= 11 is 0. The molecule has 2 aliphatic rings. The Labute approximate surface area is 155 Å². The van der Waals surface area contributed by atoms with Crippen LogP contribution in [0.15, 0.2) is 0 Å². The van der Waals surface area contributed by atoms with Crippen molar-refractivity contribution in [1.82, 2.24) is 10.2 Å². The minimum Gasteiger partial charge on any atom is -0.444 e. The molecule has 1 saturated heterocycles. The first-order valence-electron chi connectivity index (χ1n) is 10.3. The Kier molecular flexibility index (Phi) is 6.80. The Balaban J connectivity index is 2.02. The predicted molar refractivity (Wildman–Crippen MR) is 104 cm³/mol. The lowest BCUT2D eigenvalue weighted by Crippen LogP contribution is -2.59. The van der Waals surface area contributed by atoms with Crippen molar-refractivity contribution in [2.75, 3.05) is 6.54 Å². The van der Waals surface area contributed by atoms with E-state index in [1.807, 2.05) is 25.7 Å². The second-order valence-electron chi connectivity index (χ2n) is 9.76. The zero-order valence-electron chi connectivity index (χ0n) is 17.5. The summed E-state index contributed by atoms with van der Waals surface area (Å²) in [5, 5.41) is 3.97. The van der Waals surface area contributed by atoms with Gasteiger partial charge in [-0.25, -0.2) is 4.79 Å². The van der Waals surface area contributed by atoms with Crippen LogP contribution in [0, 0.1) is 17.8 Å². The first-order chi connectivity index (χ1) is 11.6. The molecule has 25 heavy (non-hydrogen) atoms. The number of hydrogen-bond donors (Lipinski definition) is 1. The largest absolute Gasteiger partial charge is 0.444 e. The van der Waals surface area contributed by atoms with E-state index in [0.717, 1.165) is 31.2 Å². The Morgan fingerprint density at radius 3 is 2.40 bits per heavy atom. The van der Waals surface area contributed by atoms with Crippen LogP contribution < -0.4 is 5.32 Å². The topological polar surface area (TPSA) is 41.6 Å². The van der Waals surface area contributed by atoms with Crippen molar-refractivity contribution in [3.8, 4) is 0 Å². The molecular formula is C21H40N2O2. The van der Waals surface area contributed by atoms with E-state index in [1.54, 1.807) is 0 Å². The second kappa shape index (κ2) is 8.28. The summed E-state index contributed by atoms with van der Waals surface area (Å²) in [6.45, 7) is 15.9. The first-order valence-corrected chi connectivity index (χ1v) is 10.3. The molecule has 2 fully saturated rings. The van der Waals surface area contributed by atoms with Crippen LogP contribution in [0.4, 0.5) is 4.79 Å². The second-order valence-corrected chi connectivity index (χ2v) is 9.76. The zero-order valence-corrected chi connectivity index (χ0v) is 17.5. The number of ether oxygens (including phenoxy) is 1. The maximum atomic E-state index is 12.6. The molecule has 0 bridgehead atoms. The van der Waals surface area contributed by atoms with Crippen molar-refractivity contribution >= 4 is 6.09 Å². The van der Waals surface area contributed by atoms with Crippen LogP contribution in [0.5, 0.6) is 0 Å². The highest BCUT2D eigenvalue weighted by Gasteiger charge is 2.37. The van der Waals surface area contributed by atoms with Gasteiger partial charge in [0.2, 0.25) is 0 Å². The molecule has 1 N–H and O–H groups in total. The van der Waals surface area contributed by atoms with Crippen molar-refractivity contribution in [1.29, 1.82) is 0 Å². The fourth-order valence-corrected chi connectivity index (χ4v) is 4.61. The lowest BCUT2D eigenvalue weighted by molar-refractivity contribution is 0.00435. The van der Waals surface area contributed by atoms with Crippen molar-refractivity contribution in [2.45, 2.75) is 104 Å². The summed E-state index contributed by atoms with van der Waals surface area (Å²) < 4.78 is 5.62. The van der Waals surface area contributed by atoms with Crippen molar-refractivity contribution in [2.24, 2.45) is 17.8 Å². The molecule has 1 aliphatic carbocycles. The van der Waals surface area contributed by atoms with Crippen molar-refractivity contribution < 1.29 is 9.53 Å². The number of piperidine rings is 1. The fraction of sp³-hybridized carbons (Fsp3) is 0.952. The van der Waals surface area contributed by atoms with E-state index in [1.165, 1.54) is 19.3 Å². The van der Waals surface area contributed by atoms with Crippen LogP contribution in [0.3, 0.4) is 0 Å². The van der Waals surface area contributed by atoms with E-state index in [2.05, 4.69) is 33.0 Å². The van der Waals surface area contributed by atoms with Crippen LogP contribution in [0.1, 0.15) is 80.6 Å². The lowest BCUT2D eigenvalue weighted by atomic mass is 9.73. The Bertz CT molecular complexity index is 444. The fourth-order valence-electron chi connectivity index (χ4n) is 4.61. The zero-order chi connectivity index (χ0) is 18.8. The van der Waals surface area contributed by atoms with E-state index < -0.39 is 5.60 Å². The van der Waals surface area contributed by atoms with Crippen LogP contribution >= 0.6 is 0 Å². The molecule has 0 aromatic heterocycles. The minimum absolute atomic E-state index is 0.163. The number of hydrogen-bond acceptors (Lipinski definition) is 3. The molecule has 1 saturated carbocycles. The van der Waals surface area contributed by atoms with Gasteiger partial charge in [0, 0.05) is 24.7 Å². The van der Waals surface area contributed by atoms with Crippen molar-refractivity contribution in [3.63, 3.8) is 0 Å². The highest BCUT2D eigenvalue weighted by Crippen LogP contribution is 2.34. The SMILES string of the molecule is CC1CCC(C(C)C)C(NC2CCCN(C(=O)OC(C)(C)C)C2C)C1. The highest BCUT2D eigenvalue weighted by atomic mass is 16.6. The average Bonchev–Trinajstić information content (AvgIpc) is 2.47. The maximum Gasteiger partial charge on any atom is 0.410 e. The number of rotatable bonds is 3. The number of nitrogens with zero attached hydrogens (tertiary/aromatic N) is 1. The molecule has 4 heteroatoms. The summed E-state index contributed by atoms with van der Waals surface area (Å²) in [5.41, 5.74) is -0.432. The Hall–Kier alpha value is -0.770. The van der Waals surface area contributed by atoms with E-state index in [9.17, 15) is 4.79 Å². The minimum atomic E-state index is -0.432. The maximum absolute atomic E-state index is 12.6. The van der Waals surface area contributed by atoms with Gasteiger partial charge < -0.3 is 15.0 Å². The quantitative estimate of drug-likeness (QED) is 0.791. The van der Waals surface area contributed by atoms with Gasteiger partial charge in [-0.2, -0.15) is 0 Å². The number of amides is 1. The Morgan fingerprint density at radius 2 is 1.80 bits per heavy atom. The smallest absolute Gasteiger partial charge is 0.410 e. The third-order valence-electron chi connectivity index (χ3n) is 6.07. The highest BCUT2D eigenvalue weighted by molar-refractivity contribution is 5.68. The summed E-state index contributed by atoms with van der Waals surface area (Å²) in [7, 11) is 0. The first kappa shape index (κ1) is 20.5. The predicted octanol–water partition coefficient (Wildman–Crippen LogP) is 4.82. The monoisotopic (exact) mass is 352 g/mol. The molecule has 5 unspecified atom stereocenters. The number of carbonyl (C=O) groups excluding carboxylic acids is 1. The number of carbonyl (C=O) groups is 1. The summed E-state index contributed by atoms with van der Waals surface area (Å²) in [5.74, 6) is 2.26. The van der Waals surface area contributed by atoms with Crippen molar-refractivity contribution in [3.05, 3.63) is 0 Å². The molecule has 0 aromatic carbocycles. The summed E-state index contributed by atoms with van der Waals surface area (Å²) in [4.78, 5) is 14.5. The van der Waals surface area contributed by atoms with E-state index in [-0.39, 0.29) is 12.1 Å². The van der Waals surface area contributed by atoms with Crippen LogP contribution in [-0.2, 0) is 4.74 Å². The summed E-state index contributed by atoms with van der Waals surface area (Å²) in [6.07, 6.45) is 5.98. The van der Waals surface area contributed by atoms with Gasteiger partial charge in [0.05, 0.1) is 0 Å². The van der Waals surface area contributed by atoms with Crippen LogP contribution in [0.2, 0.25) is 0 Å². The Morgan fingerprint density at radius 1 is 1.12 bits per heavy atom. The molecule has 1 amide bonds. The standard InChI is InChI=1S/C21H40N2O2/c1-14(2)17-11-10-15(3)13-19(17)22-18-9-8-12-23(16(18)4)20(24)25-21(5,6)7/h14-19,22H,8-13H2,1-7H3. The molecule has 0 radical (unpaired) electrons. The lowest BCUT2D eigenvalue weighted by Gasteiger charge is -2.45.